The van der Waals surface area contributed by atoms with Crippen LogP contribution in [0.1, 0.15) is 42.5 Å². The average molecular weight is 298 g/mol. The first-order valence-electron chi connectivity index (χ1n) is 6.84. The molecule has 0 radical (unpaired) electrons. The summed E-state index contributed by atoms with van der Waals surface area (Å²) in [6.07, 6.45) is 0.628. The van der Waals surface area contributed by atoms with E-state index in [4.69, 9.17) is 5.11 Å². The van der Waals surface area contributed by atoms with Crippen molar-refractivity contribution in [3.8, 4) is 5.75 Å². The molecule has 0 heterocycles. The second-order valence-electron chi connectivity index (χ2n) is 5.15. The summed E-state index contributed by atoms with van der Waals surface area (Å²) in [6.45, 7) is 0. The molecule has 0 saturated heterocycles. The largest absolute Gasteiger partial charge is 0.501 e. The minimum absolute atomic E-state index is 0.00578. The van der Waals surface area contributed by atoms with Crippen molar-refractivity contribution in [1.82, 2.24) is 0 Å². The van der Waals surface area contributed by atoms with Crippen LogP contribution in [-0.2, 0) is 4.79 Å². The molecule has 0 aromatic heterocycles. The maximum absolute atomic E-state index is 12.9. The molecule has 2 rings (SSSR count). The van der Waals surface area contributed by atoms with Crippen LogP contribution in [0.4, 0.5) is 8.78 Å². The third-order valence-electron chi connectivity index (χ3n) is 3.61. The SMILES string of the molecule is O=C(c1ccc(OC(F)(F)C(=O)O)cc1)C1CCCCC1. The summed E-state index contributed by atoms with van der Waals surface area (Å²) < 4.78 is 29.9. The normalized spacial score (nSPS) is 16.5. The second kappa shape index (κ2) is 6.20. The van der Waals surface area contributed by atoms with E-state index in [2.05, 4.69) is 4.74 Å². The first-order valence-corrected chi connectivity index (χ1v) is 6.84. The van der Waals surface area contributed by atoms with Crippen molar-refractivity contribution in [3.05, 3.63) is 29.8 Å². The number of carboxylic acids is 1. The Hall–Kier alpha value is -1.98. The molecule has 0 aliphatic heterocycles. The Balaban J connectivity index is 2.04. The van der Waals surface area contributed by atoms with Crippen LogP contribution >= 0.6 is 0 Å². The molecule has 0 amide bonds. The summed E-state index contributed by atoms with van der Waals surface area (Å²) in [7, 11) is 0. The van der Waals surface area contributed by atoms with Crippen LogP contribution in [-0.4, -0.2) is 23.0 Å². The number of carbonyl (C=O) groups is 2. The number of halogens is 2. The van der Waals surface area contributed by atoms with Gasteiger partial charge in [0, 0.05) is 11.5 Å². The van der Waals surface area contributed by atoms with E-state index >= 15 is 0 Å². The molecule has 0 unspecified atom stereocenters. The van der Waals surface area contributed by atoms with Crippen molar-refractivity contribution in [2.24, 2.45) is 5.92 Å². The predicted octanol–water partition coefficient (Wildman–Crippen LogP) is 3.51. The molecule has 1 aliphatic rings. The van der Waals surface area contributed by atoms with Crippen LogP contribution in [0, 0.1) is 5.92 Å². The van der Waals surface area contributed by atoms with Gasteiger partial charge in [-0.3, -0.25) is 4.79 Å². The number of hydrogen-bond donors (Lipinski definition) is 1. The van der Waals surface area contributed by atoms with Crippen molar-refractivity contribution in [2.75, 3.05) is 0 Å². The topological polar surface area (TPSA) is 63.6 Å². The van der Waals surface area contributed by atoms with E-state index in [1.165, 1.54) is 24.3 Å². The molecule has 4 nitrogen and oxygen atoms in total. The number of ether oxygens (including phenoxy) is 1. The van der Waals surface area contributed by atoms with E-state index in [1.807, 2.05) is 0 Å². The lowest BCUT2D eigenvalue weighted by molar-refractivity contribution is -0.210. The maximum atomic E-state index is 12.9. The van der Waals surface area contributed by atoms with Crippen LogP contribution in [0.3, 0.4) is 0 Å². The van der Waals surface area contributed by atoms with Gasteiger partial charge in [-0.15, -0.1) is 0 Å². The van der Waals surface area contributed by atoms with Gasteiger partial charge in [0.15, 0.2) is 5.78 Å². The molecule has 0 spiro atoms. The van der Waals surface area contributed by atoms with Gasteiger partial charge in [-0.1, -0.05) is 19.3 Å². The van der Waals surface area contributed by atoms with Crippen molar-refractivity contribution < 1.29 is 28.2 Å². The number of alkyl halides is 2. The quantitative estimate of drug-likeness (QED) is 0.845. The molecule has 1 aromatic rings. The van der Waals surface area contributed by atoms with E-state index in [9.17, 15) is 18.4 Å². The molecule has 1 aromatic carbocycles. The highest BCUT2D eigenvalue weighted by Gasteiger charge is 2.42. The molecule has 21 heavy (non-hydrogen) atoms. The molecule has 114 valence electrons. The van der Waals surface area contributed by atoms with E-state index in [-0.39, 0.29) is 17.5 Å². The first kappa shape index (κ1) is 15.4. The summed E-state index contributed by atoms with van der Waals surface area (Å²) in [5, 5.41) is 8.29. The summed E-state index contributed by atoms with van der Waals surface area (Å²) in [5.74, 6) is -2.65. The monoisotopic (exact) mass is 298 g/mol. The lowest BCUT2D eigenvalue weighted by atomic mass is 9.84. The zero-order chi connectivity index (χ0) is 15.5. The van der Waals surface area contributed by atoms with Crippen molar-refractivity contribution in [3.63, 3.8) is 0 Å². The van der Waals surface area contributed by atoms with Crippen LogP contribution < -0.4 is 4.74 Å². The zero-order valence-electron chi connectivity index (χ0n) is 11.4. The third kappa shape index (κ3) is 3.77. The summed E-state index contributed by atoms with van der Waals surface area (Å²) in [4.78, 5) is 22.5. The smallest absolute Gasteiger partial charge is 0.474 e. The van der Waals surface area contributed by atoms with Gasteiger partial charge >= 0.3 is 12.1 Å². The fraction of sp³-hybridized carbons (Fsp3) is 0.467. The minimum atomic E-state index is -4.28. The molecule has 6 heteroatoms. The number of rotatable bonds is 5. The molecule has 0 atom stereocenters. The minimum Gasteiger partial charge on any atom is -0.474 e. The van der Waals surface area contributed by atoms with Gasteiger partial charge in [0.05, 0.1) is 0 Å². The van der Waals surface area contributed by atoms with Gasteiger partial charge in [0.2, 0.25) is 0 Å². The van der Waals surface area contributed by atoms with Crippen LogP contribution in [0.5, 0.6) is 5.75 Å². The highest BCUT2D eigenvalue weighted by Crippen LogP contribution is 2.28. The molecule has 1 saturated carbocycles. The Morgan fingerprint density at radius 2 is 1.67 bits per heavy atom. The number of hydrogen-bond acceptors (Lipinski definition) is 3. The number of benzene rings is 1. The Kier molecular flexibility index (Phi) is 4.55. The van der Waals surface area contributed by atoms with Crippen molar-refractivity contribution >= 4 is 11.8 Å². The molecule has 1 fully saturated rings. The first-order chi connectivity index (χ1) is 9.90. The Morgan fingerprint density at radius 3 is 2.19 bits per heavy atom. The van der Waals surface area contributed by atoms with Gasteiger partial charge in [0.25, 0.3) is 0 Å². The summed E-state index contributed by atoms with van der Waals surface area (Å²) in [6, 6.07) is 5.16. The summed E-state index contributed by atoms with van der Waals surface area (Å²) >= 11 is 0. The van der Waals surface area contributed by atoms with Gasteiger partial charge in [-0.25, -0.2) is 4.79 Å². The number of carbonyl (C=O) groups excluding carboxylic acids is 1. The standard InChI is InChI=1S/C15H16F2O4/c16-15(17,14(19)20)21-12-8-6-11(7-9-12)13(18)10-4-2-1-3-5-10/h6-10H,1-5H2,(H,19,20). The number of ketones is 1. The maximum Gasteiger partial charge on any atom is 0.501 e. The second-order valence-corrected chi connectivity index (χ2v) is 5.15. The van der Waals surface area contributed by atoms with Gasteiger partial charge in [-0.05, 0) is 37.1 Å². The molecular weight excluding hydrogens is 282 g/mol. The number of aliphatic carboxylic acids is 1. The fourth-order valence-electron chi connectivity index (χ4n) is 2.48. The zero-order valence-corrected chi connectivity index (χ0v) is 11.4. The molecule has 1 N–H and O–H groups in total. The van der Waals surface area contributed by atoms with Gasteiger partial charge < -0.3 is 9.84 Å². The summed E-state index contributed by atoms with van der Waals surface area (Å²) in [5.41, 5.74) is 0.438. The molecular formula is C15H16F2O4. The lowest BCUT2D eigenvalue weighted by Gasteiger charge is -2.20. The van der Waals surface area contributed by atoms with Crippen molar-refractivity contribution in [2.45, 2.75) is 38.2 Å². The van der Waals surface area contributed by atoms with Crippen LogP contribution in [0.15, 0.2) is 24.3 Å². The number of carboxylic acid groups (broad SMARTS) is 1. The Labute approximate surface area is 120 Å². The molecule has 1 aliphatic carbocycles. The van der Waals surface area contributed by atoms with Gasteiger partial charge in [0.1, 0.15) is 5.75 Å². The van der Waals surface area contributed by atoms with Crippen LogP contribution in [0.2, 0.25) is 0 Å². The fourth-order valence-corrected chi connectivity index (χ4v) is 2.48. The van der Waals surface area contributed by atoms with E-state index in [0.29, 0.717) is 5.56 Å². The predicted molar refractivity (Wildman–Crippen MR) is 70.6 cm³/mol. The van der Waals surface area contributed by atoms with E-state index in [1.54, 1.807) is 0 Å². The Morgan fingerprint density at radius 1 is 1.10 bits per heavy atom. The highest BCUT2D eigenvalue weighted by molar-refractivity contribution is 5.98. The highest BCUT2D eigenvalue weighted by atomic mass is 19.3. The van der Waals surface area contributed by atoms with Gasteiger partial charge in [-0.2, -0.15) is 8.78 Å². The number of Topliss-reactive ketones (excluding diaryl/α,β-unsaturated/α-hetero) is 1. The van der Waals surface area contributed by atoms with E-state index in [0.717, 1.165) is 32.1 Å². The molecule has 0 bridgehead atoms. The van der Waals surface area contributed by atoms with E-state index < -0.39 is 12.1 Å². The average Bonchev–Trinajstić information content (AvgIpc) is 2.48. The van der Waals surface area contributed by atoms with Crippen LogP contribution in [0.25, 0.3) is 0 Å². The third-order valence-corrected chi connectivity index (χ3v) is 3.61. The van der Waals surface area contributed by atoms with Crippen molar-refractivity contribution in [1.29, 1.82) is 0 Å². The Bertz CT molecular complexity index is 519. The lowest BCUT2D eigenvalue weighted by Crippen LogP contribution is -2.34.